The first kappa shape index (κ1) is 26.7. The van der Waals surface area contributed by atoms with Crippen molar-refractivity contribution in [2.45, 2.75) is 24.2 Å². The molecule has 1 aliphatic heterocycles. The Labute approximate surface area is 222 Å². The third kappa shape index (κ3) is 7.10. The Bertz CT molecular complexity index is 1370. The maximum absolute atomic E-state index is 13.5. The minimum absolute atomic E-state index is 0.211. The lowest BCUT2D eigenvalue weighted by Gasteiger charge is -2.21. The van der Waals surface area contributed by atoms with Crippen LogP contribution in [-0.2, 0) is 19.6 Å². The van der Waals surface area contributed by atoms with Crippen LogP contribution in [0.4, 0.5) is 5.69 Å². The molecular formula is C29H28N4O4S. The molecule has 0 saturated carbocycles. The average molecular weight is 529 g/mol. The molecule has 0 bridgehead atoms. The normalized spacial score (nSPS) is 14.4. The molecule has 0 radical (unpaired) electrons. The van der Waals surface area contributed by atoms with Gasteiger partial charge in [-0.2, -0.15) is 4.31 Å². The predicted molar refractivity (Wildman–Crippen MR) is 146 cm³/mol. The monoisotopic (exact) mass is 528 g/mol. The van der Waals surface area contributed by atoms with E-state index in [1.54, 1.807) is 48.5 Å². The smallest absolute Gasteiger partial charge is 0.273 e. The molecule has 1 heterocycles. The van der Waals surface area contributed by atoms with Crippen molar-refractivity contribution in [3.63, 3.8) is 0 Å². The second-order valence-corrected chi connectivity index (χ2v) is 10.4. The molecule has 1 saturated heterocycles. The number of rotatable bonds is 8. The van der Waals surface area contributed by atoms with Crippen LogP contribution in [0.2, 0.25) is 0 Å². The minimum atomic E-state index is -4.51. The fourth-order valence-electron chi connectivity index (χ4n) is 3.82. The molecule has 0 spiro atoms. The molecule has 4 rings (SSSR count). The number of benzene rings is 3. The molecule has 1 aliphatic rings. The Balaban J connectivity index is 1.59. The maximum Gasteiger partial charge on any atom is 0.273 e. The summed E-state index contributed by atoms with van der Waals surface area (Å²) in [5, 5.41) is 10.3. The summed E-state index contributed by atoms with van der Waals surface area (Å²) in [5.41, 5.74) is 1.84. The zero-order valence-electron chi connectivity index (χ0n) is 20.8. The Morgan fingerprint density at radius 2 is 1.21 bits per heavy atom. The molecule has 0 atom stereocenters. The Morgan fingerprint density at radius 1 is 0.711 bits per heavy atom. The highest BCUT2D eigenvalue weighted by molar-refractivity contribution is 7.90. The summed E-state index contributed by atoms with van der Waals surface area (Å²) in [4.78, 5) is 26.0. The number of nitrogens with zero attached hydrogens (tertiary/aromatic N) is 4. The number of carbonyl (C=O) groups is 2. The van der Waals surface area contributed by atoms with Gasteiger partial charge in [-0.3, -0.25) is 14.6 Å². The van der Waals surface area contributed by atoms with Crippen LogP contribution in [0, 0.1) is 0 Å². The Kier molecular flexibility index (Phi) is 8.94. The lowest BCUT2D eigenvalue weighted by atomic mass is 10.2. The number of carbonyl (C=O) groups excluding carboxylic acids is 2. The standard InChI is InChI=1S/C29H28N4O4S/c34-28(20-14-24-10-4-1-5-11-24)33(29(35)21-15-25-12-6-2-7-13-25)38(36,37)27-18-16-26(17-19-27)30-31-32-22-8-3-9-23-32/h1-2,4-7,10-21H,3,8-9,22-23H2/b20-14+,21-15+,31-30?. The van der Waals surface area contributed by atoms with Gasteiger partial charge < -0.3 is 0 Å². The third-order valence-electron chi connectivity index (χ3n) is 5.83. The van der Waals surface area contributed by atoms with Gasteiger partial charge in [-0.25, -0.2) is 8.42 Å². The number of hydrogen-bond acceptors (Lipinski definition) is 6. The first-order valence-electron chi connectivity index (χ1n) is 12.3. The summed E-state index contributed by atoms with van der Waals surface area (Å²) in [6.45, 7) is 1.67. The first-order chi connectivity index (χ1) is 18.4. The zero-order valence-corrected chi connectivity index (χ0v) is 21.6. The van der Waals surface area contributed by atoms with Crippen molar-refractivity contribution >= 4 is 39.7 Å². The lowest BCUT2D eigenvalue weighted by Crippen LogP contribution is -2.39. The van der Waals surface area contributed by atoms with Gasteiger partial charge in [-0.05, 0) is 66.8 Å². The van der Waals surface area contributed by atoms with E-state index >= 15 is 0 Å². The fraction of sp³-hybridized carbons (Fsp3) is 0.172. The maximum atomic E-state index is 13.5. The number of hydrogen-bond donors (Lipinski definition) is 0. The first-order valence-corrected chi connectivity index (χ1v) is 13.7. The molecule has 0 N–H and O–H groups in total. The molecule has 0 aliphatic carbocycles. The van der Waals surface area contributed by atoms with Gasteiger partial charge in [0, 0.05) is 25.2 Å². The third-order valence-corrected chi connectivity index (χ3v) is 7.54. The van der Waals surface area contributed by atoms with Crippen LogP contribution in [0.1, 0.15) is 30.4 Å². The summed E-state index contributed by atoms with van der Waals surface area (Å²) < 4.78 is 27.3. The molecule has 3 aromatic carbocycles. The fourth-order valence-corrected chi connectivity index (χ4v) is 5.10. The highest BCUT2D eigenvalue weighted by atomic mass is 32.2. The van der Waals surface area contributed by atoms with Crippen LogP contribution in [0.3, 0.4) is 0 Å². The number of piperidine rings is 1. The van der Waals surface area contributed by atoms with Crippen molar-refractivity contribution in [2.75, 3.05) is 13.1 Å². The van der Waals surface area contributed by atoms with Crippen LogP contribution in [0.5, 0.6) is 0 Å². The molecule has 0 aromatic heterocycles. The largest absolute Gasteiger partial charge is 0.278 e. The van der Waals surface area contributed by atoms with E-state index in [9.17, 15) is 18.0 Å². The summed E-state index contributed by atoms with van der Waals surface area (Å²) in [5.74, 6) is -1.96. The van der Waals surface area contributed by atoms with E-state index in [0.29, 0.717) is 16.8 Å². The van der Waals surface area contributed by atoms with Gasteiger partial charge in [-0.1, -0.05) is 65.9 Å². The van der Waals surface area contributed by atoms with E-state index in [0.717, 1.165) is 38.1 Å². The van der Waals surface area contributed by atoms with E-state index in [4.69, 9.17) is 0 Å². The highest BCUT2D eigenvalue weighted by Crippen LogP contribution is 2.22. The van der Waals surface area contributed by atoms with E-state index in [1.807, 2.05) is 17.1 Å². The molecule has 1 fully saturated rings. The van der Waals surface area contributed by atoms with E-state index in [2.05, 4.69) is 10.3 Å². The quantitative estimate of drug-likeness (QED) is 0.278. The van der Waals surface area contributed by atoms with E-state index < -0.39 is 21.8 Å². The van der Waals surface area contributed by atoms with Gasteiger partial charge >= 0.3 is 0 Å². The summed E-state index contributed by atoms with van der Waals surface area (Å²) in [6, 6.07) is 23.5. The molecular weight excluding hydrogens is 500 g/mol. The predicted octanol–water partition coefficient (Wildman–Crippen LogP) is 5.64. The van der Waals surface area contributed by atoms with Crippen molar-refractivity contribution in [3.05, 3.63) is 108 Å². The zero-order chi connectivity index (χ0) is 26.8. The molecule has 38 heavy (non-hydrogen) atoms. The average Bonchev–Trinajstić information content (AvgIpc) is 2.96. The Hall–Kier alpha value is -4.37. The molecule has 9 heteroatoms. The van der Waals surface area contributed by atoms with Crippen molar-refractivity contribution in [1.29, 1.82) is 0 Å². The number of imide groups is 1. The van der Waals surface area contributed by atoms with Gasteiger partial charge in [0.05, 0.1) is 10.6 Å². The van der Waals surface area contributed by atoms with E-state index in [-0.39, 0.29) is 9.20 Å². The van der Waals surface area contributed by atoms with Crippen molar-refractivity contribution in [3.8, 4) is 0 Å². The molecule has 2 amide bonds. The topological polar surface area (TPSA) is 99.5 Å². The summed E-state index contributed by atoms with van der Waals surface area (Å²) in [7, 11) is -4.51. The Morgan fingerprint density at radius 3 is 1.71 bits per heavy atom. The van der Waals surface area contributed by atoms with Gasteiger partial charge in [0.25, 0.3) is 21.8 Å². The molecule has 0 unspecified atom stereocenters. The molecule has 194 valence electrons. The van der Waals surface area contributed by atoms with Crippen molar-refractivity contribution < 1.29 is 18.0 Å². The number of sulfonamides is 1. The van der Waals surface area contributed by atoms with E-state index in [1.165, 1.54) is 42.8 Å². The molecule has 8 nitrogen and oxygen atoms in total. The van der Waals surface area contributed by atoms with Crippen LogP contribution >= 0.6 is 0 Å². The number of amides is 2. The SMILES string of the molecule is O=C(/C=C/c1ccccc1)N(C(=O)/C=C/c1ccccc1)S(=O)(=O)c1ccc(N=NN2CCCCC2)cc1. The lowest BCUT2D eigenvalue weighted by molar-refractivity contribution is -0.132. The van der Waals surface area contributed by atoms with Crippen LogP contribution in [-0.4, -0.2) is 42.6 Å². The van der Waals surface area contributed by atoms with Gasteiger partial charge in [0.15, 0.2) is 0 Å². The highest BCUT2D eigenvalue weighted by Gasteiger charge is 2.33. The molecule has 3 aromatic rings. The summed E-state index contributed by atoms with van der Waals surface area (Å²) >= 11 is 0. The minimum Gasteiger partial charge on any atom is -0.278 e. The van der Waals surface area contributed by atoms with Gasteiger partial charge in [0.2, 0.25) is 0 Å². The van der Waals surface area contributed by atoms with Gasteiger partial charge in [0.1, 0.15) is 0 Å². The van der Waals surface area contributed by atoms with Crippen LogP contribution < -0.4 is 0 Å². The van der Waals surface area contributed by atoms with Crippen molar-refractivity contribution in [1.82, 2.24) is 9.31 Å². The van der Waals surface area contributed by atoms with Crippen molar-refractivity contribution in [2.24, 2.45) is 10.3 Å². The summed E-state index contributed by atoms with van der Waals surface area (Å²) in [6.07, 6.45) is 8.36. The van der Waals surface area contributed by atoms with Crippen LogP contribution in [0.25, 0.3) is 12.2 Å². The van der Waals surface area contributed by atoms with Gasteiger partial charge in [-0.15, -0.1) is 5.11 Å². The van der Waals surface area contributed by atoms with Crippen LogP contribution in [0.15, 0.2) is 112 Å². The second kappa shape index (κ2) is 12.7. The second-order valence-electron chi connectivity index (χ2n) is 8.63.